The van der Waals surface area contributed by atoms with E-state index in [2.05, 4.69) is 17.1 Å². The predicted octanol–water partition coefficient (Wildman–Crippen LogP) is 0.277. The van der Waals surface area contributed by atoms with E-state index in [9.17, 15) is 0 Å². The lowest BCUT2D eigenvalue weighted by Crippen LogP contribution is -2.25. The van der Waals surface area contributed by atoms with Crippen LogP contribution in [0.15, 0.2) is 17.8 Å². The summed E-state index contributed by atoms with van der Waals surface area (Å²) in [5.41, 5.74) is 7.06. The molecule has 0 aromatic heterocycles. The van der Waals surface area contributed by atoms with Crippen LogP contribution < -0.4 is 11.2 Å². The Kier molecular flexibility index (Phi) is 7.88. The maximum atomic E-state index is 6.59. The van der Waals surface area contributed by atoms with E-state index in [1.807, 2.05) is 0 Å². The van der Waals surface area contributed by atoms with E-state index in [-0.39, 0.29) is 13.4 Å². The Morgan fingerprint density at radius 2 is 2.33 bits per heavy atom. The Bertz CT molecular complexity index is 116. The average Bonchev–Trinajstić information content (AvgIpc) is 1.66. The average molecular weight is 128 g/mol. The van der Waals surface area contributed by atoms with E-state index in [0.717, 1.165) is 0 Å². The first kappa shape index (κ1) is 10.6. The van der Waals surface area contributed by atoms with Crippen molar-refractivity contribution in [2.24, 2.45) is 10.8 Å². The minimum Gasteiger partial charge on any atom is -0.369 e. The quantitative estimate of drug-likeness (QED) is 0.284. The second-order valence-corrected chi connectivity index (χ2v) is 1.04. The van der Waals surface area contributed by atoms with Gasteiger partial charge < -0.3 is 5.73 Å². The third-order valence-electron chi connectivity index (χ3n) is 0.365. The van der Waals surface area contributed by atoms with Crippen LogP contribution in [0, 0.1) is 5.41 Å². The van der Waals surface area contributed by atoms with Gasteiger partial charge in [-0.2, -0.15) is 5.10 Å². The summed E-state index contributed by atoms with van der Waals surface area (Å²) in [5.74, 6) is -0.178. The molecule has 0 amide bonds. The lowest BCUT2D eigenvalue weighted by atomic mass is 10.7. The molecule has 0 aromatic rings. The summed E-state index contributed by atoms with van der Waals surface area (Å²) in [6.45, 7) is 3.36. The molecule has 0 heterocycles. The standard InChI is InChI=1S/C4H8N4.CH4/c1-2-3-7-8-4(5)6;/h2-3H,1H2,(H4,5,6,8);1H4/b7-3+;. The lowest BCUT2D eigenvalue weighted by molar-refractivity contribution is 1.00. The minimum absolute atomic E-state index is 0. The van der Waals surface area contributed by atoms with Gasteiger partial charge in [0.25, 0.3) is 0 Å². The number of allylic oxidation sites excluding steroid dienone is 1. The Labute approximate surface area is 55.0 Å². The normalized spacial score (nSPS) is 8.00. The molecule has 0 aromatic carbocycles. The van der Waals surface area contributed by atoms with Crippen LogP contribution >= 0.6 is 0 Å². The molecule has 4 heteroatoms. The van der Waals surface area contributed by atoms with Gasteiger partial charge in [0.15, 0.2) is 0 Å². The van der Waals surface area contributed by atoms with Crippen molar-refractivity contribution in [1.29, 1.82) is 5.41 Å². The molecule has 4 N–H and O–H groups in total. The minimum atomic E-state index is -0.178. The topological polar surface area (TPSA) is 74.3 Å². The van der Waals surface area contributed by atoms with Crippen molar-refractivity contribution < 1.29 is 0 Å². The van der Waals surface area contributed by atoms with Crippen molar-refractivity contribution in [3.05, 3.63) is 12.7 Å². The Hall–Kier alpha value is -1.32. The van der Waals surface area contributed by atoms with Gasteiger partial charge in [-0.1, -0.05) is 14.0 Å². The van der Waals surface area contributed by atoms with Crippen molar-refractivity contribution in [2.45, 2.75) is 7.43 Å². The summed E-state index contributed by atoms with van der Waals surface area (Å²) in [4.78, 5) is 0. The molecule has 0 saturated heterocycles. The van der Waals surface area contributed by atoms with Crippen LogP contribution in [0.4, 0.5) is 0 Å². The summed E-state index contributed by atoms with van der Waals surface area (Å²) in [6.07, 6.45) is 2.89. The molecule has 0 atom stereocenters. The van der Waals surface area contributed by atoms with Gasteiger partial charge in [0.05, 0.1) is 0 Å². The number of hydrogen-bond donors (Lipinski definition) is 3. The Balaban J connectivity index is 0. The maximum absolute atomic E-state index is 6.59. The number of nitrogens with zero attached hydrogens (tertiary/aromatic N) is 1. The van der Waals surface area contributed by atoms with E-state index in [1.54, 1.807) is 0 Å². The zero-order valence-corrected chi connectivity index (χ0v) is 4.39. The highest BCUT2D eigenvalue weighted by molar-refractivity contribution is 5.77. The highest BCUT2D eigenvalue weighted by Gasteiger charge is 1.73. The van der Waals surface area contributed by atoms with Gasteiger partial charge in [0, 0.05) is 6.21 Å². The van der Waals surface area contributed by atoms with Gasteiger partial charge in [0.1, 0.15) is 0 Å². The molecule has 0 rings (SSSR count). The summed E-state index contributed by atoms with van der Waals surface area (Å²) < 4.78 is 0. The van der Waals surface area contributed by atoms with Crippen molar-refractivity contribution in [3.63, 3.8) is 0 Å². The number of nitrogens with two attached hydrogens (primary N) is 1. The molecule has 52 valence electrons. The number of hydrogen-bond acceptors (Lipinski definition) is 2. The van der Waals surface area contributed by atoms with Crippen molar-refractivity contribution in [3.8, 4) is 0 Å². The van der Waals surface area contributed by atoms with Crippen molar-refractivity contribution >= 4 is 12.2 Å². The first-order chi connectivity index (χ1) is 3.77. The number of rotatable bonds is 2. The molecule has 9 heavy (non-hydrogen) atoms. The fourth-order valence-corrected chi connectivity index (χ4v) is 0.160. The van der Waals surface area contributed by atoms with Gasteiger partial charge in [0.2, 0.25) is 5.96 Å². The van der Waals surface area contributed by atoms with Crippen LogP contribution in [-0.2, 0) is 0 Å². The number of nitrogens with one attached hydrogen (secondary N) is 2. The largest absolute Gasteiger partial charge is 0.369 e. The van der Waals surface area contributed by atoms with E-state index >= 15 is 0 Å². The highest BCUT2D eigenvalue weighted by Crippen LogP contribution is 1.54. The van der Waals surface area contributed by atoms with Crippen LogP contribution in [0.2, 0.25) is 0 Å². The van der Waals surface area contributed by atoms with Crippen molar-refractivity contribution in [2.75, 3.05) is 0 Å². The molecular weight excluding hydrogens is 116 g/mol. The summed E-state index contributed by atoms with van der Waals surface area (Å²) in [5, 5.41) is 10.0. The Morgan fingerprint density at radius 3 is 2.67 bits per heavy atom. The number of hydrazone groups is 1. The molecule has 0 radical (unpaired) electrons. The van der Waals surface area contributed by atoms with Crippen LogP contribution in [0.3, 0.4) is 0 Å². The lowest BCUT2D eigenvalue weighted by Gasteiger charge is -1.89. The van der Waals surface area contributed by atoms with E-state index in [0.29, 0.717) is 0 Å². The second kappa shape index (κ2) is 6.68. The third kappa shape index (κ3) is 10.8. The molecule has 0 aliphatic heterocycles. The Morgan fingerprint density at radius 1 is 1.78 bits per heavy atom. The first-order valence-corrected chi connectivity index (χ1v) is 2.01. The molecule has 0 saturated carbocycles. The first-order valence-electron chi connectivity index (χ1n) is 2.01. The third-order valence-corrected chi connectivity index (χ3v) is 0.365. The second-order valence-electron chi connectivity index (χ2n) is 1.04. The maximum Gasteiger partial charge on any atom is 0.206 e. The highest BCUT2D eigenvalue weighted by atomic mass is 15.3. The summed E-state index contributed by atoms with van der Waals surface area (Å²) in [7, 11) is 0. The van der Waals surface area contributed by atoms with E-state index < -0.39 is 0 Å². The zero-order chi connectivity index (χ0) is 6.41. The van der Waals surface area contributed by atoms with Gasteiger partial charge in [-0.25, -0.2) is 5.43 Å². The van der Waals surface area contributed by atoms with Gasteiger partial charge >= 0.3 is 0 Å². The van der Waals surface area contributed by atoms with Gasteiger partial charge in [-0.3, -0.25) is 5.41 Å². The molecule has 0 bridgehead atoms. The van der Waals surface area contributed by atoms with Crippen LogP contribution in [0.5, 0.6) is 0 Å². The van der Waals surface area contributed by atoms with E-state index in [4.69, 9.17) is 11.1 Å². The molecule has 4 nitrogen and oxygen atoms in total. The molecule has 0 fully saturated rings. The monoisotopic (exact) mass is 128 g/mol. The van der Waals surface area contributed by atoms with Crippen LogP contribution in [0.1, 0.15) is 7.43 Å². The predicted molar refractivity (Wildman–Crippen MR) is 40.5 cm³/mol. The fraction of sp³-hybridized carbons (Fsp3) is 0.200. The van der Waals surface area contributed by atoms with Crippen LogP contribution in [0.25, 0.3) is 0 Å². The summed E-state index contributed by atoms with van der Waals surface area (Å²) in [6, 6.07) is 0. The zero-order valence-electron chi connectivity index (χ0n) is 4.39. The molecule has 0 aliphatic carbocycles. The molecule has 0 unspecified atom stereocenters. The smallest absolute Gasteiger partial charge is 0.206 e. The molecule has 0 aliphatic rings. The van der Waals surface area contributed by atoms with Crippen LogP contribution in [-0.4, -0.2) is 12.2 Å². The SMILES string of the molecule is C.C=C/C=N/NC(=N)N. The van der Waals surface area contributed by atoms with E-state index in [1.165, 1.54) is 12.3 Å². The van der Waals surface area contributed by atoms with Gasteiger partial charge in [-0.05, 0) is 6.08 Å². The van der Waals surface area contributed by atoms with Crippen molar-refractivity contribution in [1.82, 2.24) is 5.43 Å². The summed E-state index contributed by atoms with van der Waals surface area (Å²) >= 11 is 0. The van der Waals surface area contributed by atoms with Gasteiger partial charge in [-0.15, -0.1) is 0 Å². The fourth-order valence-electron chi connectivity index (χ4n) is 0.160. The number of guanidine groups is 1. The molecular formula is C5H12N4. The molecule has 0 spiro atoms.